The number of alkyl carbamates (subject to hydrolysis) is 1. The zero-order valence-corrected chi connectivity index (χ0v) is 19.0. The molecule has 156 valence electrons. The first-order valence-corrected chi connectivity index (χ1v) is 10.8. The van der Waals surface area contributed by atoms with Crippen LogP contribution in [0.3, 0.4) is 0 Å². The summed E-state index contributed by atoms with van der Waals surface area (Å²) in [7, 11) is 0. The summed E-state index contributed by atoms with van der Waals surface area (Å²) in [5.41, 5.74) is 1.87. The molecule has 1 heterocycles. The molecule has 5 nitrogen and oxygen atoms in total. The van der Waals surface area contributed by atoms with Crippen LogP contribution >= 0.6 is 24.0 Å². The summed E-state index contributed by atoms with van der Waals surface area (Å²) in [4.78, 5) is 27.9. The second kappa shape index (κ2) is 9.02. The molecule has 0 bridgehead atoms. The molecule has 2 aromatic carbocycles. The van der Waals surface area contributed by atoms with E-state index in [9.17, 15) is 9.59 Å². The maximum absolute atomic E-state index is 13.4. The molecule has 1 atom stereocenters. The number of nitrogens with one attached hydrogen (secondary N) is 1. The van der Waals surface area contributed by atoms with E-state index in [4.69, 9.17) is 17.0 Å². The Bertz CT molecular complexity index is 983. The number of carbonyl (C=O) groups excluding carboxylic acids is 2. The van der Waals surface area contributed by atoms with Crippen LogP contribution in [0.25, 0.3) is 5.57 Å². The standard InChI is InChI=1S/C23H24N2O3S2/c1-15(16-11-7-5-8-12-16)18-20(26)25(22(29)30-18)19(17-13-9-6-10-14-17)24-21(27)28-23(2,3)4/h5-14,19H,1-4H3,(H,24,27)/b18-15-. The minimum Gasteiger partial charge on any atom is -0.444 e. The van der Waals surface area contributed by atoms with Crippen LogP contribution in [0.5, 0.6) is 0 Å². The van der Waals surface area contributed by atoms with Crippen LogP contribution in [-0.4, -0.2) is 26.8 Å². The van der Waals surface area contributed by atoms with Gasteiger partial charge in [0.2, 0.25) is 0 Å². The van der Waals surface area contributed by atoms with E-state index in [-0.39, 0.29) is 5.91 Å². The van der Waals surface area contributed by atoms with E-state index in [1.54, 1.807) is 20.8 Å². The van der Waals surface area contributed by atoms with E-state index in [1.807, 2.05) is 67.6 Å². The summed E-state index contributed by atoms with van der Waals surface area (Å²) in [5.74, 6) is -0.240. The Morgan fingerprint density at radius 3 is 2.20 bits per heavy atom. The lowest BCUT2D eigenvalue weighted by Crippen LogP contribution is -2.45. The van der Waals surface area contributed by atoms with Crippen LogP contribution in [0.4, 0.5) is 4.79 Å². The van der Waals surface area contributed by atoms with Gasteiger partial charge in [0.25, 0.3) is 5.91 Å². The van der Waals surface area contributed by atoms with Crippen molar-refractivity contribution in [2.45, 2.75) is 39.5 Å². The molecule has 0 aromatic heterocycles. The molecule has 0 radical (unpaired) electrons. The zero-order valence-electron chi connectivity index (χ0n) is 17.3. The predicted molar refractivity (Wildman–Crippen MR) is 125 cm³/mol. The molecule has 0 saturated carbocycles. The number of benzene rings is 2. The number of thioether (sulfide) groups is 1. The van der Waals surface area contributed by atoms with Gasteiger partial charge < -0.3 is 4.74 Å². The molecule has 3 rings (SSSR count). The fourth-order valence-corrected chi connectivity index (χ4v) is 4.36. The van der Waals surface area contributed by atoms with Gasteiger partial charge in [-0.05, 0) is 44.4 Å². The number of thiocarbonyl (C=S) groups is 1. The lowest BCUT2D eigenvalue weighted by molar-refractivity contribution is -0.124. The Morgan fingerprint density at radius 1 is 1.07 bits per heavy atom. The van der Waals surface area contributed by atoms with Gasteiger partial charge in [0.15, 0.2) is 0 Å². The van der Waals surface area contributed by atoms with Crippen molar-refractivity contribution in [1.29, 1.82) is 0 Å². The Morgan fingerprint density at radius 2 is 1.63 bits per heavy atom. The fourth-order valence-electron chi connectivity index (χ4n) is 3.00. The Balaban J connectivity index is 1.96. The Hall–Kier alpha value is -2.64. The third-order valence-electron chi connectivity index (χ3n) is 4.37. The van der Waals surface area contributed by atoms with E-state index in [0.717, 1.165) is 16.7 Å². The molecule has 2 aromatic rings. The minimum atomic E-state index is -0.769. The lowest BCUT2D eigenvalue weighted by Gasteiger charge is -2.29. The maximum Gasteiger partial charge on any atom is 0.409 e. The van der Waals surface area contributed by atoms with Gasteiger partial charge in [-0.15, -0.1) is 0 Å². The number of allylic oxidation sites excluding steroid dienone is 1. The van der Waals surface area contributed by atoms with Crippen molar-refractivity contribution < 1.29 is 14.3 Å². The number of hydrogen-bond donors (Lipinski definition) is 1. The van der Waals surface area contributed by atoms with E-state index in [0.29, 0.717) is 9.23 Å². The van der Waals surface area contributed by atoms with Gasteiger partial charge in [0, 0.05) is 0 Å². The van der Waals surface area contributed by atoms with Crippen molar-refractivity contribution in [2.75, 3.05) is 0 Å². The smallest absolute Gasteiger partial charge is 0.409 e. The first kappa shape index (κ1) is 22.1. The highest BCUT2D eigenvalue weighted by atomic mass is 32.2. The summed E-state index contributed by atoms with van der Waals surface area (Å²) < 4.78 is 5.80. The van der Waals surface area contributed by atoms with E-state index < -0.39 is 17.9 Å². The fraction of sp³-hybridized carbons (Fsp3) is 0.261. The topological polar surface area (TPSA) is 58.6 Å². The second-order valence-corrected chi connectivity index (χ2v) is 9.47. The lowest BCUT2D eigenvalue weighted by atomic mass is 10.1. The molecule has 30 heavy (non-hydrogen) atoms. The number of rotatable bonds is 4. The van der Waals surface area contributed by atoms with Gasteiger partial charge in [-0.3, -0.25) is 15.0 Å². The SMILES string of the molecule is C/C(=C1/SC(=S)N(C(NC(=O)OC(C)(C)C)c2ccccc2)C1=O)c1ccccc1. The summed E-state index contributed by atoms with van der Waals surface area (Å²) in [5, 5.41) is 2.81. The maximum atomic E-state index is 13.4. The summed E-state index contributed by atoms with van der Waals surface area (Å²) >= 11 is 6.79. The highest BCUT2D eigenvalue weighted by Gasteiger charge is 2.40. The molecule has 1 aliphatic rings. The van der Waals surface area contributed by atoms with Crippen LogP contribution in [0.15, 0.2) is 65.6 Å². The largest absolute Gasteiger partial charge is 0.444 e. The zero-order chi connectivity index (χ0) is 21.9. The highest BCUT2D eigenvalue weighted by Crippen LogP contribution is 2.40. The van der Waals surface area contributed by atoms with Gasteiger partial charge in [-0.25, -0.2) is 4.79 Å². The molecular weight excluding hydrogens is 416 g/mol. The third kappa shape index (κ3) is 5.09. The van der Waals surface area contributed by atoms with Crippen LogP contribution in [0.1, 0.15) is 45.0 Å². The molecule has 1 fully saturated rings. The van der Waals surface area contributed by atoms with Gasteiger partial charge in [0.1, 0.15) is 16.1 Å². The van der Waals surface area contributed by atoms with Crippen molar-refractivity contribution in [3.05, 3.63) is 76.7 Å². The molecule has 0 aliphatic carbocycles. The number of nitrogens with zero attached hydrogens (tertiary/aromatic N) is 1. The Labute approximate surface area is 186 Å². The number of amides is 2. The van der Waals surface area contributed by atoms with E-state index in [2.05, 4.69) is 5.32 Å². The summed E-state index contributed by atoms with van der Waals surface area (Å²) in [6.07, 6.45) is -1.39. The molecule has 1 unspecified atom stereocenters. The molecule has 1 N–H and O–H groups in total. The molecule has 2 amide bonds. The van der Waals surface area contributed by atoms with Crippen LogP contribution in [-0.2, 0) is 9.53 Å². The van der Waals surface area contributed by atoms with Gasteiger partial charge >= 0.3 is 6.09 Å². The van der Waals surface area contributed by atoms with Gasteiger partial charge in [-0.2, -0.15) is 0 Å². The van der Waals surface area contributed by atoms with Crippen molar-refractivity contribution in [3.8, 4) is 0 Å². The quantitative estimate of drug-likeness (QED) is 0.502. The summed E-state index contributed by atoms with van der Waals surface area (Å²) in [6, 6.07) is 18.9. The highest BCUT2D eigenvalue weighted by molar-refractivity contribution is 8.26. The normalized spacial score (nSPS) is 17.0. The first-order valence-electron chi connectivity index (χ1n) is 9.53. The average Bonchev–Trinajstić information content (AvgIpc) is 2.99. The van der Waals surface area contributed by atoms with Crippen LogP contribution in [0.2, 0.25) is 0 Å². The van der Waals surface area contributed by atoms with Crippen LogP contribution < -0.4 is 5.32 Å². The third-order valence-corrected chi connectivity index (χ3v) is 5.88. The number of hydrogen-bond acceptors (Lipinski definition) is 5. The number of carbonyl (C=O) groups is 2. The molecule has 1 saturated heterocycles. The van der Waals surface area contributed by atoms with Gasteiger partial charge in [0.05, 0.1) is 4.91 Å². The van der Waals surface area contributed by atoms with Crippen molar-refractivity contribution in [2.24, 2.45) is 0 Å². The van der Waals surface area contributed by atoms with E-state index in [1.165, 1.54) is 16.7 Å². The molecule has 7 heteroatoms. The van der Waals surface area contributed by atoms with Crippen molar-refractivity contribution in [1.82, 2.24) is 10.2 Å². The predicted octanol–water partition coefficient (Wildman–Crippen LogP) is 5.50. The Kier molecular flexibility index (Phi) is 6.63. The summed E-state index contributed by atoms with van der Waals surface area (Å²) in [6.45, 7) is 7.27. The van der Waals surface area contributed by atoms with Crippen molar-refractivity contribution in [3.63, 3.8) is 0 Å². The van der Waals surface area contributed by atoms with Gasteiger partial charge in [-0.1, -0.05) is 84.6 Å². The molecule has 0 spiro atoms. The van der Waals surface area contributed by atoms with Crippen LogP contribution in [0, 0.1) is 0 Å². The first-order chi connectivity index (χ1) is 14.2. The average molecular weight is 441 g/mol. The van der Waals surface area contributed by atoms with E-state index >= 15 is 0 Å². The molecular formula is C23H24N2O3S2. The van der Waals surface area contributed by atoms with Crippen molar-refractivity contribution >= 4 is 45.9 Å². The monoisotopic (exact) mass is 440 g/mol. The second-order valence-electron chi connectivity index (χ2n) is 7.82. The number of ether oxygens (including phenoxy) is 1. The molecule has 1 aliphatic heterocycles. The minimum absolute atomic E-state index is 0.240.